The van der Waals surface area contributed by atoms with Crippen LogP contribution >= 0.6 is 0 Å². The minimum Gasteiger partial charge on any atom is -0.317 e. The van der Waals surface area contributed by atoms with Crippen LogP contribution in [0, 0.1) is 12.8 Å². The Labute approximate surface area is 126 Å². The van der Waals surface area contributed by atoms with E-state index in [4.69, 9.17) is 0 Å². The average Bonchev–Trinajstić information content (AvgIpc) is 2.47. The molecule has 0 bridgehead atoms. The Bertz CT molecular complexity index is 616. The number of piperidine rings is 1. The molecule has 2 aromatic rings. The van der Waals surface area contributed by atoms with Crippen LogP contribution in [-0.2, 0) is 0 Å². The number of nitrogens with one attached hydrogen (secondary N) is 1. The van der Waals surface area contributed by atoms with Gasteiger partial charge >= 0.3 is 0 Å². The molecule has 0 radical (unpaired) electrons. The Kier molecular flexibility index (Phi) is 5.45. The lowest BCUT2D eigenvalue weighted by molar-refractivity contribution is 0.101. The van der Waals surface area contributed by atoms with Gasteiger partial charge in [-0.05, 0) is 57.8 Å². The largest absolute Gasteiger partial charge is 0.317 e. The van der Waals surface area contributed by atoms with Crippen LogP contribution in [0.1, 0.15) is 42.7 Å². The van der Waals surface area contributed by atoms with Crippen LogP contribution in [0.4, 0.5) is 0 Å². The van der Waals surface area contributed by atoms with Crippen LogP contribution in [0.2, 0.25) is 0 Å². The van der Waals surface area contributed by atoms with E-state index in [-0.39, 0.29) is 5.78 Å². The van der Waals surface area contributed by atoms with E-state index in [0.717, 1.165) is 22.5 Å². The van der Waals surface area contributed by atoms with Crippen LogP contribution in [-0.4, -0.2) is 23.9 Å². The van der Waals surface area contributed by atoms with Gasteiger partial charge in [-0.3, -0.25) is 9.78 Å². The van der Waals surface area contributed by atoms with Crippen molar-refractivity contribution < 1.29 is 4.79 Å². The number of carbonyl (C=O) groups is 1. The SMILES string of the molecule is CC(=O)c1cc2ccccc2nc1C.CC1CCNCC1. The molecule has 0 unspecified atom stereocenters. The molecule has 0 spiro atoms. The monoisotopic (exact) mass is 284 g/mol. The molecule has 0 saturated carbocycles. The highest BCUT2D eigenvalue weighted by Gasteiger charge is 2.06. The molecule has 3 rings (SSSR count). The number of fused-ring (bicyclic) bond motifs is 1. The van der Waals surface area contributed by atoms with Crippen molar-refractivity contribution in [3.8, 4) is 0 Å². The van der Waals surface area contributed by atoms with E-state index in [9.17, 15) is 4.79 Å². The molecule has 112 valence electrons. The number of Topliss-reactive ketones (excluding diaryl/α,β-unsaturated/α-hetero) is 1. The number of benzene rings is 1. The lowest BCUT2D eigenvalue weighted by Gasteiger charge is -2.17. The molecule has 1 aromatic carbocycles. The highest BCUT2D eigenvalue weighted by atomic mass is 16.1. The number of hydrogen-bond donors (Lipinski definition) is 1. The van der Waals surface area contributed by atoms with Gasteiger partial charge in [0, 0.05) is 16.6 Å². The first-order chi connectivity index (χ1) is 10.1. The Balaban J connectivity index is 0.000000194. The minimum atomic E-state index is 0.0701. The molecule has 0 aliphatic carbocycles. The first-order valence-electron chi connectivity index (χ1n) is 7.66. The fourth-order valence-electron chi connectivity index (χ4n) is 2.53. The molecular formula is C18H24N2O. The highest BCUT2D eigenvalue weighted by Crippen LogP contribution is 2.16. The maximum atomic E-state index is 11.3. The number of para-hydroxylation sites is 1. The van der Waals surface area contributed by atoms with Gasteiger partial charge in [0.1, 0.15) is 0 Å². The Morgan fingerprint density at radius 2 is 1.90 bits per heavy atom. The summed E-state index contributed by atoms with van der Waals surface area (Å²) >= 11 is 0. The Morgan fingerprint density at radius 3 is 2.48 bits per heavy atom. The van der Waals surface area contributed by atoms with Crippen molar-refractivity contribution in [3.05, 3.63) is 41.6 Å². The lowest BCUT2D eigenvalue weighted by Crippen LogP contribution is -2.26. The van der Waals surface area contributed by atoms with Gasteiger partial charge in [-0.2, -0.15) is 0 Å². The van der Waals surface area contributed by atoms with Gasteiger partial charge in [0.05, 0.1) is 5.52 Å². The second-order valence-electron chi connectivity index (χ2n) is 5.80. The molecular weight excluding hydrogens is 260 g/mol. The quantitative estimate of drug-likeness (QED) is 0.811. The Morgan fingerprint density at radius 1 is 1.24 bits per heavy atom. The molecule has 1 N–H and O–H groups in total. The van der Waals surface area contributed by atoms with Crippen molar-refractivity contribution in [3.63, 3.8) is 0 Å². The second kappa shape index (κ2) is 7.32. The summed E-state index contributed by atoms with van der Waals surface area (Å²) in [5.41, 5.74) is 2.45. The van der Waals surface area contributed by atoms with Crippen LogP contribution < -0.4 is 5.32 Å². The first-order valence-corrected chi connectivity index (χ1v) is 7.66. The number of hydrogen-bond acceptors (Lipinski definition) is 3. The van der Waals surface area contributed by atoms with E-state index >= 15 is 0 Å². The summed E-state index contributed by atoms with van der Waals surface area (Å²) in [6.45, 7) is 8.23. The molecule has 0 atom stereocenters. The van der Waals surface area contributed by atoms with Gasteiger partial charge in [0.2, 0.25) is 0 Å². The fourth-order valence-corrected chi connectivity index (χ4v) is 2.53. The van der Waals surface area contributed by atoms with Crippen LogP contribution in [0.25, 0.3) is 10.9 Å². The summed E-state index contributed by atoms with van der Waals surface area (Å²) in [7, 11) is 0. The number of aromatic nitrogens is 1. The van der Waals surface area contributed by atoms with Gasteiger partial charge in [0.25, 0.3) is 0 Å². The number of carbonyl (C=O) groups excluding carboxylic acids is 1. The number of ketones is 1. The van der Waals surface area contributed by atoms with Gasteiger partial charge in [-0.25, -0.2) is 0 Å². The number of nitrogens with zero attached hydrogens (tertiary/aromatic N) is 1. The molecule has 21 heavy (non-hydrogen) atoms. The van der Waals surface area contributed by atoms with Crippen molar-refractivity contribution >= 4 is 16.7 Å². The predicted octanol–water partition coefficient (Wildman–Crippen LogP) is 3.75. The second-order valence-corrected chi connectivity index (χ2v) is 5.80. The molecule has 1 aromatic heterocycles. The maximum absolute atomic E-state index is 11.3. The number of aryl methyl sites for hydroxylation is 1. The zero-order valence-corrected chi connectivity index (χ0v) is 13.1. The molecule has 3 heteroatoms. The first kappa shape index (κ1) is 15.6. The van der Waals surface area contributed by atoms with Crippen LogP contribution in [0.3, 0.4) is 0 Å². The van der Waals surface area contributed by atoms with Crippen LogP contribution in [0.5, 0.6) is 0 Å². The Hall–Kier alpha value is -1.74. The minimum absolute atomic E-state index is 0.0701. The summed E-state index contributed by atoms with van der Waals surface area (Å²) in [6, 6.07) is 9.71. The van der Waals surface area contributed by atoms with E-state index < -0.39 is 0 Å². The zero-order valence-electron chi connectivity index (χ0n) is 13.1. The van der Waals surface area contributed by atoms with E-state index in [2.05, 4.69) is 17.2 Å². The fraction of sp³-hybridized carbons (Fsp3) is 0.444. The normalized spacial score (nSPS) is 15.4. The van der Waals surface area contributed by atoms with E-state index in [0.29, 0.717) is 5.56 Å². The third-order valence-corrected chi connectivity index (χ3v) is 3.92. The standard InChI is InChI=1S/C12H11NO.C6H13N/c1-8-11(9(2)14)7-10-5-3-4-6-12(10)13-8;1-6-2-4-7-5-3-6/h3-7H,1-2H3;6-7H,2-5H2,1H3. The van der Waals surface area contributed by atoms with Crippen molar-refractivity contribution in [1.29, 1.82) is 0 Å². The lowest BCUT2D eigenvalue weighted by atomic mass is 10.0. The molecule has 1 aliphatic heterocycles. The molecule has 2 heterocycles. The third kappa shape index (κ3) is 4.36. The van der Waals surface area contributed by atoms with Gasteiger partial charge in [-0.1, -0.05) is 25.1 Å². The summed E-state index contributed by atoms with van der Waals surface area (Å²) in [5.74, 6) is 1.04. The molecule has 1 fully saturated rings. The summed E-state index contributed by atoms with van der Waals surface area (Å²) in [5, 5.41) is 4.33. The smallest absolute Gasteiger partial charge is 0.161 e. The highest BCUT2D eigenvalue weighted by molar-refractivity contribution is 5.98. The zero-order chi connectivity index (χ0) is 15.2. The van der Waals surface area contributed by atoms with E-state index in [1.54, 1.807) is 6.92 Å². The third-order valence-electron chi connectivity index (χ3n) is 3.92. The maximum Gasteiger partial charge on any atom is 0.161 e. The molecule has 1 saturated heterocycles. The predicted molar refractivity (Wildman–Crippen MR) is 87.8 cm³/mol. The van der Waals surface area contributed by atoms with Crippen LogP contribution in [0.15, 0.2) is 30.3 Å². The van der Waals surface area contributed by atoms with E-state index in [1.165, 1.54) is 25.9 Å². The van der Waals surface area contributed by atoms with Gasteiger partial charge in [-0.15, -0.1) is 0 Å². The van der Waals surface area contributed by atoms with Crippen molar-refractivity contribution in [2.45, 2.75) is 33.6 Å². The van der Waals surface area contributed by atoms with Gasteiger partial charge < -0.3 is 5.32 Å². The topological polar surface area (TPSA) is 42.0 Å². The number of rotatable bonds is 1. The molecule has 1 aliphatic rings. The summed E-state index contributed by atoms with van der Waals surface area (Å²) in [4.78, 5) is 15.6. The summed E-state index contributed by atoms with van der Waals surface area (Å²) in [6.07, 6.45) is 2.75. The molecule has 0 amide bonds. The van der Waals surface area contributed by atoms with E-state index in [1.807, 2.05) is 37.3 Å². The van der Waals surface area contributed by atoms with Gasteiger partial charge in [0.15, 0.2) is 5.78 Å². The number of pyridine rings is 1. The van der Waals surface area contributed by atoms with Crippen molar-refractivity contribution in [2.75, 3.05) is 13.1 Å². The van der Waals surface area contributed by atoms with Crippen molar-refractivity contribution in [1.82, 2.24) is 10.3 Å². The average molecular weight is 284 g/mol. The summed E-state index contributed by atoms with van der Waals surface area (Å²) < 4.78 is 0. The van der Waals surface area contributed by atoms with Crippen molar-refractivity contribution in [2.24, 2.45) is 5.92 Å². The molecule has 3 nitrogen and oxygen atoms in total.